The van der Waals surface area contributed by atoms with Gasteiger partial charge in [-0.15, -0.1) is 0 Å². The lowest BCUT2D eigenvalue weighted by atomic mass is 9.86. The molecule has 6 N–H and O–H groups in total. The van der Waals surface area contributed by atoms with Crippen molar-refractivity contribution in [2.24, 2.45) is 0 Å². The second-order valence-corrected chi connectivity index (χ2v) is 6.22. The zero-order valence-corrected chi connectivity index (χ0v) is 13.8. The van der Waals surface area contributed by atoms with E-state index in [-0.39, 0.29) is 6.42 Å². The predicted molar refractivity (Wildman–Crippen MR) is 87.0 cm³/mol. The zero-order chi connectivity index (χ0) is 18.6. The molecule has 139 valence electrons. The highest BCUT2D eigenvalue weighted by Crippen LogP contribution is 2.33. The van der Waals surface area contributed by atoms with Gasteiger partial charge in [-0.05, 0) is 5.56 Å². The number of carbonyl (C=O) groups excluding carboxylic acids is 1. The molecule has 1 aliphatic heterocycles. The standard InChI is InChI=1S/C17H24NO7/c1-10(20)18-14-12(21)8-17(24,7-11-5-3-2-4-6-11)25-16(14)15(23)13(22)9-19/h2-7,12-16,19,21-24H,8-9H2,1H3,(H,18,20)/t12-,13+,14+,15+,16+,17+/m0/s1. The Morgan fingerprint density at radius 3 is 2.60 bits per heavy atom. The number of nitrogens with one attached hydrogen (secondary N) is 1. The molecule has 8 nitrogen and oxygen atoms in total. The lowest BCUT2D eigenvalue weighted by molar-refractivity contribution is -0.283. The molecule has 1 fully saturated rings. The average Bonchev–Trinajstić information content (AvgIpc) is 2.56. The van der Waals surface area contributed by atoms with Gasteiger partial charge < -0.3 is 35.6 Å². The minimum Gasteiger partial charge on any atom is -0.394 e. The molecule has 1 heterocycles. The van der Waals surface area contributed by atoms with Gasteiger partial charge >= 0.3 is 0 Å². The largest absolute Gasteiger partial charge is 0.394 e. The van der Waals surface area contributed by atoms with E-state index in [2.05, 4.69) is 5.32 Å². The van der Waals surface area contributed by atoms with Gasteiger partial charge in [0.2, 0.25) is 5.91 Å². The average molecular weight is 354 g/mol. The molecular formula is C17H24NO7. The molecule has 2 rings (SSSR count). The van der Waals surface area contributed by atoms with Gasteiger partial charge in [0.05, 0.1) is 18.8 Å². The van der Waals surface area contributed by atoms with Crippen molar-refractivity contribution in [1.82, 2.24) is 5.32 Å². The quantitative estimate of drug-likeness (QED) is 0.358. The van der Waals surface area contributed by atoms with E-state index < -0.39 is 48.8 Å². The highest BCUT2D eigenvalue weighted by atomic mass is 16.6. The molecule has 0 spiro atoms. The van der Waals surface area contributed by atoms with E-state index in [1.165, 1.54) is 13.3 Å². The lowest BCUT2D eigenvalue weighted by Gasteiger charge is -2.46. The summed E-state index contributed by atoms with van der Waals surface area (Å²) in [6.07, 6.45) is -4.63. The molecule has 0 unspecified atom stereocenters. The molecule has 8 heteroatoms. The molecule has 25 heavy (non-hydrogen) atoms. The highest BCUT2D eigenvalue weighted by Gasteiger charge is 2.50. The summed E-state index contributed by atoms with van der Waals surface area (Å²) in [5.41, 5.74) is 0.631. The minimum atomic E-state index is -1.92. The Bertz CT molecular complexity index is 569. The Morgan fingerprint density at radius 1 is 1.40 bits per heavy atom. The topological polar surface area (TPSA) is 139 Å². The van der Waals surface area contributed by atoms with Gasteiger partial charge in [-0.3, -0.25) is 4.79 Å². The van der Waals surface area contributed by atoms with E-state index in [9.17, 15) is 25.2 Å². The van der Waals surface area contributed by atoms with Crippen LogP contribution < -0.4 is 5.32 Å². The molecule has 0 aliphatic carbocycles. The summed E-state index contributed by atoms with van der Waals surface area (Å²) in [5, 5.41) is 52.5. The second-order valence-electron chi connectivity index (χ2n) is 6.22. The number of hydrogen-bond donors (Lipinski definition) is 6. The number of benzene rings is 1. The van der Waals surface area contributed by atoms with Gasteiger partial charge in [0.25, 0.3) is 0 Å². The maximum Gasteiger partial charge on any atom is 0.217 e. The van der Waals surface area contributed by atoms with Crippen molar-refractivity contribution >= 4 is 5.91 Å². The van der Waals surface area contributed by atoms with Crippen LogP contribution in [0.1, 0.15) is 18.9 Å². The first-order valence-corrected chi connectivity index (χ1v) is 7.99. The van der Waals surface area contributed by atoms with E-state index in [0.29, 0.717) is 5.56 Å². The molecule has 1 radical (unpaired) electrons. The van der Waals surface area contributed by atoms with E-state index in [4.69, 9.17) is 9.84 Å². The summed E-state index contributed by atoms with van der Waals surface area (Å²) in [7, 11) is 0. The summed E-state index contributed by atoms with van der Waals surface area (Å²) in [6.45, 7) is 0.486. The number of ether oxygens (including phenoxy) is 1. The van der Waals surface area contributed by atoms with Crippen LogP contribution >= 0.6 is 0 Å². The molecule has 0 saturated carbocycles. The summed E-state index contributed by atoms with van der Waals surface area (Å²) < 4.78 is 5.55. The molecule has 1 saturated heterocycles. The highest BCUT2D eigenvalue weighted by molar-refractivity contribution is 5.73. The molecule has 6 atom stereocenters. The number of amides is 1. The number of aliphatic hydroxyl groups is 5. The van der Waals surface area contributed by atoms with Crippen molar-refractivity contribution in [3.05, 3.63) is 42.3 Å². The smallest absolute Gasteiger partial charge is 0.217 e. The summed E-state index contributed by atoms with van der Waals surface area (Å²) in [4.78, 5) is 11.4. The first-order valence-electron chi connectivity index (χ1n) is 7.99. The SMILES string of the molecule is CC(=O)N[C@H]1[C@H]([C@H](O)[C@H](O)CO)O[C@](O)([CH]c2ccccc2)C[C@@H]1O. The molecule has 1 aromatic rings. The maximum absolute atomic E-state index is 11.4. The van der Waals surface area contributed by atoms with Crippen molar-refractivity contribution in [2.45, 2.75) is 49.6 Å². The third kappa shape index (κ3) is 4.97. The Kier molecular flexibility index (Phi) is 6.50. The van der Waals surface area contributed by atoms with Crippen molar-refractivity contribution in [2.75, 3.05) is 6.61 Å². The Morgan fingerprint density at radius 2 is 2.04 bits per heavy atom. The molecule has 1 amide bonds. The van der Waals surface area contributed by atoms with Crippen LogP contribution in [0.15, 0.2) is 30.3 Å². The van der Waals surface area contributed by atoms with Crippen LogP contribution in [-0.4, -0.2) is 74.3 Å². The predicted octanol–water partition coefficient (Wildman–Crippen LogP) is -1.70. The van der Waals surface area contributed by atoms with Crippen molar-refractivity contribution < 1.29 is 35.1 Å². The van der Waals surface area contributed by atoms with Crippen LogP contribution in [0.5, 0.6) is 0 Å². The molecule has 0 aromatic heterocycles. The Balaban J connectivity index is 2.24. The van der Waals surface area contributed by atoms with Crippen LogP contribution in [0.4, 0.5) is 0 Å². The Labute approximate surface area is 145 Å². The fraction of sp³-hybridized carbons (Fsp3) is 0.529. The van der Waals surface area contributed by atoms with Gasteiger partial charge in [-0.2, -0.15) is 0 Å². The number of hydrogen-bond acceptors (Lipinski definition) is 7. The number of carbonyl (C=O) groups is 1. The van der Waals surface area contributed by atoms with Gasteiger partial charge in [0, 0.05) is 19.8 Å². The first-order chi connectivity index (χ1) is 11.8. The molecule has 1 aliphatic rings. The third-order valence-corrected chi connectivity index (χ3v) is 4.09. The van der Waals surface area contributed by atoms with Crippen molar-refractivity contribution in [3.63, 3.8) is 0 Å². The lowest BCUT2D eigenvalue weighted by Crippen LogP contribution is -2.65. The summed E-state index contributed by atoms with van der Waals surface area (Å²) >= 11 is 0. The zero-order valence-electron chi connectivity index (χ0n) is 13.8. The van der Waals surface area contributed by atoms with E-state index in [0.717, 1.165) is 0 Å². The van der Waals surface area contributed by atoms with Gasteiger partial charge in [-0.1, -0.05) is 30.3 Å². The van der Waals surface area contributed by atoms with Gasteiger partial charge in [-0.25, -0.2) is 0 Å². The minimum absolute atomic E-state index is 0.245. The van der Waals surface area contributed by atoms with Crippen LogP contribution in [0.2, 0.25) is 0 Å². The molecule has 0 bridgehead atoms. The first kappa shape index (κ1) is 19.8. The third-order valence-electron chi connectivity index (χ3n) is 4.09. The Hall–Kier alpha value is -1.55. The number of rotatable bonds is 6. The van der Waals surface area contributed by atoms with E-state index in [1.807, 2.05) is 0 Å². The van der Waals surface area contributed by atoms with Crippen LogP contribution in [0.25, 0.3) is 0 Å². The second kappa shape index (κ2) is 8.22. The van der Waals surface area contributed by atoms with E-state index >= 15 is 0 Å². The summed E-state index contributed by atoms with van der Waals surface area (Å²) in [5.74, 6) is -2.39. The number of aliphatic hydroxyl groups excluding tert-OH is 4. The van der Waals surface area contributed by atoms with Gasteiger partial charge in [0.1, 0.15) is 18.3 Å². The van der Waals surface area contributed by atoms with Gasteiger partial charge in [0.15, 0.2) is 5.79 Å². The normalized spacial score (nSPS) is 32.0. The maximum atomic E-state index is 11.4. The van der Waals surface area contributed by atoms with Crippen LogP contribution in [-0.2, 0) is 9.53 Å². The monoisotopic (exact) mass is 354 g/mol. The van der Waals surface area contributed by atoms with E-state index in [1.54, 1.807) is 30.3 Å². The van der Waals surface area contributed by atoms with Crippen molar-refractivity contribution in [1.29, 1.82) is 0 Å². The fourth-order valence-electron chi connectivity index (χ4n) is 2.93. The molecular weight excluding hydrogens is 330 g/mol. The van der Waals surface area contributed by atoms with Crippen LogP contribution in [0, 0.1) is 6.42 Å². The summed E-state index contributed by atoms with van der Waals surface area (Å²) in [6, 6.07) is 7.71. The molecule has 1 aromatic carbocycles. The fourth-order valence-corrected chi connectivity index (χ4v) is 2.93. The van der Waals surface area contributed by atoms with Crippen LogP contribution in [0.3, 0.4) is 0 Å². The van der Waals surface area contributed by atoms with Crippen molar-refractivity contribution in [3.8, 4) is 0 Å².